The number of sulfonamides is 1. The third kappa shape index (κ3) is 5.07. The molecule has 2 aromatic rings. The fourth-order valence-electron chi connectivity index (χ4n) is 2.04. The monoisotopic (exact) mass is 382 g/mol. The summed E-state index contributed by atoms with van der Waals surface area (Å²) in [5.41, 5.74) is 1.99. The van der Waals surface area contributed by atoms with Crippen molar-refractivity contribution in [3.05, 3.63) is 35.4 Å². The predicted octanol–water partition coefficient (Wildman–Crippen LogP) is 2.87. The van der Waals surface area contributed by atoms with Gasteiger partial charge in [-0.2, -0.15) is 0 Å². The van der Waals surface area contributed by atoms with Crippen molar-refractivity contribution in [3.63, 3.8) is 0 Å². The second-order valence-electron chi connectivity index (χ2n) is 6.01. The zero-order valence-electron chi connectivity index (χ0n) is 14.6. The van der Waals surface area contributed by atoms with Crippen LogP contribution in [0.2, 0.25) is 0 Å². The van der Waals surface area contributed by atoms with E-state index in [0.717, 1.165) is 22.5 Å². The lowest BCUT2D eigenvalue weighted by Crippen LogP contribution is -2.28. The molecule has 2 N–H and O–H groups in total. The molecule has 2 rings (SSSR count). The van der Waals surface area contributed by atoms with Crippen LogP contribution in [0.5, 0.6) is 0 Å². The Morgan fingerprint density at radius 2 is 1.84 bits per heavy atom. The number of nitrogens with one attached hydrogen (secondary N) is 2. The van der Waals surface area contributed by atoms with Crippen molar-refractivity contribution < 1.29 is 13.2 Å². The molecule has 9 heteroatoms. The van der Waals surface area contributed by atoms with Crippen LogP contribution in [-0.2, 0) is 14.8 Å². The number of carbonyl (C=O) groups excluding carboxylic acids is 1. The van der Waals surface area contributed by atoms with Gasteiger partial charge in [-0.1, -0.05) is 61.9 Å². The molecule has 0 bridgehead atoms. The van der Waals surface area contributed by atoms with Crippen LogP contribution in [-0.4, -0.2) is 24.5 Å². The smallest absolute Gasteiger partial charge is 0.270 e. The first-order valence-corrected chi connectivity index (χ1v) is 10.3. The molecule has 0 fully saturated rings. The number of amides is 1. The first-order valence-electron chi connectivity index (χ1n) is 7.96. The van der Waals surface area contributed by atoms with E-state index in [1.807, 2.05) is 38.1 Å². The molecule has 1 heterocycles. The van der Waals surface area contributed by atoms with Crippen molar-refractivity contribution in [3.8, 4) is 0 Å². The quantitative estimate of drug-likeness (QED) is 0.717. The summed E-state index contributed by atoms with van der Waals surface area (Å²) in [6, 6.07) is 7.33. The van der Waals surface area contributed by atoms with E-state index in [1.165, 1.54) is 0 Å². The van der Waals surface area contributed by atoms with Crippen molar-refractivity contribution >= 4 is 32.4 Å². The topological polar surface area (TPSA) is 101 Å². The van der Waals surface area contributed by atoms with Gasteiger partial charge in [0, 0.05) is 12.0 Å². The average Bonchev–Trinajstić information content (AvgIpc) is 3.03. The van der Waals surface area contributed by atoms with Crippen LogP contribution in [0.1, 0.15) is 44.4 Å². The van der Waals surface area contributed by atoms with Crippen molar-refractivity contribution in [1.29, 1.82) is 0 Å². The molecule has 1 unspecified atom stereocenters. The fourth-order valence-corrected chi connectivity index (χ4v) is 4.27. The molecular formula is C16H22N4O3S2. The average molecular weight is 383 g/mol. The minimum absolute atomic E-state index is 0.169. The number of hydrogen-bond acceptors (Lipinski definition) is 6. The normalized spacial score (nSPS) is 13.0. The van der Waals surface area contributed by atoms with Crippen molar-refractivity contribution in [2.24, 2.45) is 5.92 Å². The number of rotatable bonds is 7. The molecule has 1 amide bonds. The van der Waals surface area contributed by atoms with E-state index in [0.29, 0.717) is 6.42 Å². The summed E-state index contributed by atoms with van der Waals surface area (Å²) in [5.74, 6) is -0.466. The van der Waals surface area contributed by atoms with Crippen LogP contribution in [0.4, 0.5) is 5.13 Å². The maximum atomic E-state index is 12.6. The van der Waals surface area contributed by atoms with Crippen LogP contribution in [0, 0.1) is 12.8 Å². The Morgan fingerprint density at radius 1 is 1.20 bits per heavy atom. The van der Waals surface area contributed by atoms with Gasteiger partial charge in [-0.05, 0) is 18.9 Å². The Morgan fingerprint density at radius 3 is 2.40 bits per heavy atom. The summed E-state index contributed by atoms with van der Waals surface area (Å²) in [7, 11) is -3.82. The molecule has 0 spiro atoms. The zero-order chi connectivity index (χ0) is 18.6. The van der Waals surface area contributed by atoms with Crippen LogP contribution in [0.15, 0.2) is 28.6 Å². The van der Waals surface area contributed by atoms with Crippen LogP contribution < -0.4 is 10.0 Å². The molecule has 0 aliphatic carbocycles. The van der Waals surface area contributed by atoms with Gasteiger partial charge >= 0.3 is 0 Å². The zero-order valence-corrected chi connectivity index (χ0v) is 16.2. The van der Waals surface area contributed by atoms with Gasteiger partial charge in [-0.3, -0.25) is 4.79 Å². The molecule has 0 saturated carbocycles. The summed E-state index contributed by atoms with van der Waals surface area (Å²) in [5, 5.41) is 10.2. The Labute approximate surface area is 151 Å². The molecule has 1 atom stereocenters. The van der Waals surface area contributed by atoms with Crippen LogP contribution in [0.25, 0.3) is 0 Å². The van der Waals surface area contributed by atoms with E-state index in [4.69, 9.17) is 0 Å². The Bertz CT molecular complexity index is 829. The first kappa shape index (κ1) is 19.5. The third-order valence-electron chi connectivity index (χ3n) is 3.58. The maximum Gasteiger partial charge on any atom is 0.270 e. The summed E-state index contributed by atoms with van der Waals surface area (Å²) >= 11 is 0.831. The maximum absolute atomic E-state index is 12.6. The molecule has 25 heavy (non-hydrogen) atoms. The Kier molecular flexibility index (Phi) is 6.26. The molecule has 1 aromatic heterocycles. The van der Waals surface area contributed by atoms with E-state index in [1.54, 1.807) is 13.8 Å². The lowest BCUT2D eigenvalue weighted by Gasteiger charge is -2.16. The van der Waals surface area contributed by atoms with Gasteiger partial charge in [0.1, 0.15) is 0 Å². The first-order chi connectivity index (χ1) is 11.7. The highest BCUT2D eigenvalue weighted by atomic mass is 32.2. The van der Waals surface area contributed by atoms with Gasteiger partial charge in [-0.15, -0.1) is 10.2 Å². The van der Waals surface area contributed by atoms with Crippen LogP contribution in [0.3, 0.4) is 0 Å². The molecule has 1 aromatic carbocycles. The van der Waals surface area contributed by atoms with Crippen molar-refractivity contribution in [2.45, 2.75) is 44.5 Å². The van der Waals surface area contributed by atoms with Gasteiger partial charge < -0.3 is 5.32 Å². The summed E-state index contributed by atoms with van der Waals surface area (Å²) in [6.45, 7) is 7.36. The number of carbonyl (C=O) groups is 1. The number of aromatic nitrogens is 2. The van der Waals surface area contributed by atoms with Gasteiger partial charge in [0.25, 0.3) is 10.0 Å². The molecule has 0 saturated heterocycles. The lowest BCUT2D eigenvalue weighted by molar-refractivity contribution is -0.118. The summed E-state index contributed by atoms with van der Waals surface area (Å²) < 4.78 is 27.6. The van der Waals surface area contributed by atoms with E-state index in [2.05, 4.69) is 20.2 Å². The highest BCUT2D eigenvalue weighted by molar-refractivity contribution is 7.91. The number of hydrogen-bond donors (Lipinski definition) is 2. The van der Waals surface area contributed by atoms with Gasteiger partial charge in [0.15, 0.2) is 0 Å². The lowest BCUT2D eigenvalue weighted by atomic mass is 10.0. The molecular weight excluding hydrogens is 360 g/mol. The fraction of sp³-hybridized carbons (Fsp3) is 0.438. The van der Waals surface area contributed by atoms with E-state index < -0.39 is 10.0 Å². The second-order valence-corrected chi connectivity index (χ2v) is 8.88. The highest BCUT2D eigenvalue weighted by Gasteiger charge is 2.25. The number of aryl methyl sites for hydroxylation is 1. The summed E-state index contributed by atoms with van der Waals surface area (Å²) in [4.78, 5) is 11.7. The molecule has 7 nitrogen and oxygen atoms in total. The minimum Gasteiger partial charge on any atom is -0.300 e. The van der Waals surface area contributed by atoms with Gasteiger partial charge in [-0.25, -0.2) is 13.1 Å². The Balaban J connectivity index is 2.16. The van der Waals surface area contributed by atoms with Crippen molar-refractivity contribution in [2.75, 3.05) is 5.32 Å². The minimum atomic E-state index is -3.82. The van der Waals surface area contributed by atoms with E-state index in [-0.39, 0.29) is 27.3 Å². The number of benzene rings is 1. The Hall–Kier alpha value is -1.84. The standard InChI is InChI=1S/C16H22N4O3S2/c1-5-13(12-8-6-11(4)7-9-12)20-25(22,23)16-19-18-15(24-16)17-14(21)10(2)3/h6-10,13,20H,5H2,1-4H3,(H,17,18,21). The predicted molar refractivity (Wildman–Crippen MR) is 97.9 cm³/mol. The van der Waals surface area contributed by atoms with Crippen molar-refractivity contribution in [1.82, 2.24) is 14.9 Å². The molecule has 0 aliphatic rings. The third-order valence-corrected chi connectivity index (χ3v) is 6.25. The van der Waals surface area contributed by atoms with E-state index >= 15 is 0 Å². The summed E-state index contributed by atoms with van der Waals surface area (Å²) in [6.07, 6.45) is 0.595. The van der Waals surface area contributed by atoms with Gasteiger partial charge in [0.05, 0.1) is 0 Å². The molecule has 0 radical (unpaired) electrons. The van der Waals surface area contributed by atoms with Crippen LogP contribution >= 0.6 is 11.3 Å². The van der Waals surface area contributed by atoms with E-state index in [9.17, 15) is 13.2 Å². The second kappa shape index (κ2) is 8.03. The van der Waals surface area contributed by atoms with Gasteiger partial charge in [0.2, 0.25) is 15.4 Å². The largest absolute Gasteiger partial charge is 0.300 e. The molecule has 0 aliphatic heterocycles. The molecule has 136 valence electrons. The number of anilines is 1. The number of nitrogens with zero attached hydrogens (tertiary/aromatic N) is 2. The SMILES string of the molecule is CCC(NS(=O)(=O)c1nnc(NC(=O)C(C)C)s1)c1ccc(C)cc1. The highest BCUT2D eigenvalue weighted by Crippen LogP contribution is 2.24.